The van der Waals surface area contributed by atoms with Crippen LogP contribution in [-0.4, -0.2) is 15.7 Å². The zero-order chi connectivity index (χ0) is 14.0. The molecule has 7 heteroatoms. The highest BCUT2D eigenvalue weighted by molar-refractivity contribution is 6.05. The summed E-state index contributed by atoms with van der Waals surface area (Å²) in [6.45, 7) is 0. The van der Waals surface area contributed by atoms with E-state index in [0.29, 0.717) is 10.4 Å². The normalized spacial score (nSPS) is 11.4. The number of nitrogens with one attached hydrogen (secondary N) is 1. The first-order valence-corrected chi connectivity index (χ1v) is 5.35. The molecule has 0 atom stereocenters. The maximum absolute atomic E-state index is 12.8. The number of rotatable bonds is 2. The fourth-order valence-electron chi connectivity index (χ4n) is 1.66. The topological polar surface area (TPSA) is 46.9 Å². The average molecular weight is 269 g/mol. The highest BCUT2D eigenvalue weighted by Gasteiger charge is 2.39. The molecule has 1 aromatic carbocycles. The van der Waals surface area contributed by atoms with Crippen molar-refractivity contribution in [1.82, 2.24) is 9.78 Å². The van der Waals surface area contributed by atoms with Gasteiger partial charge in [0.1, 0.15) is 0 Å². The number of carbonyl (C=O) groups excluding carboxylic acids is 1. The molecule has 1 amide bonds. The van der Waals surface area contributed by atoms with Gasteiger partial charge in [0.25, 0.3) is 5.91 Å². The van der Waals surface area contributed by atoms with Gasteiger partial charge >= 0.3 is 6.18 Å². The Balaban J connectivity index is 2.31. The van der Waals surface area contributed by atoms with E-state index in [4.69, 9.17) is 0 Å². The van der Waals surface area contributed by atoms with Gasteiger partial charge in [-0.15, -0.1) is 0 Å². The number of aryl methyl sites for hydroxylation is 1. The predicted octanol–water partition coefficient (Wildman–Crippen LogP) is 2.69. The fraction of sp³-hybridized carbons (Fsp3) is 0.167. The lowest BCUT2D eigenvalue weighted by Crippen LogP contribution is -2.20. The summed E-state index contributed by atoms with van der Waals surface area (Å²) in [7, 11) is 1.14. The number of benzene rings is 1. The maximum Gasteiger partial charge on any atom is 0.433 e. The summed E-state index contributed by atoms with van der Waals surface area (Å²) in [5, 5.41) is 5.87. The van der Waals surface area contributed by atoms with Crippen molar-refractivity contribution in [3.8, 4) is 0 Å². The van der Waals surface area contributed by atoms with E-state index < -0.39 is 23.3 Å². The number of amides is 1. The van der Waals surface area contributed by atoms with Gasteiger partial charge in [-0.05, 0) is 12.1 Å². The molecule has 0 aliphatic heterocycles. The number of halogens is 3. The number of para-hydroxylation sites is 1. The van der Waals surface area contributed by atoms with Gasteiger partial charge in [0.2, 0.25) is 0 Å². The fourth-order valence-corrected chi connectivity index (χ4v) is 1.66. The van der Waals surface area contributed by atoms with Crippen LogP contribution in [0.1, 0.15) is 16.1 Å². The van der Waals surface area contributed by atoms with E-state index in [1.165, 1.54) is 0 Å². The van der Waals surface area contributed by atoms with Gasteiger partial charge in [-0.1, -0.05) is 18.2 Å². The van der Waals surface area contributed by atoms with Crippen LogP contribution in [0.5, 0.6) is 0 Å². The van der Waals surface area contributed by atoms with Crippen LogP contribution < -0.4 is 5.32 Å². The SMILES string of the molecule is Cn1ncc(C(=O)Nc2ccccc2)c1C(F)(F)F. The highest BCUT2D eigenvalue weighted by Crippen LogP contribution is 2.31. The monoisotopic (exact) mass is 269 g/mol. The average Bonchev–Trinajstić information content (AvgIpc) is 2.72. The van der Waals surface area contributed by atoms with Crippen molar-refractivity contribution in [3.63, 3.8) is 0 Å². The Morgan fingerprint density at radius 3 is 2.47 bits per heavy atom. The molecule has 2 rings (SSSR count). The minimum absolute atomic E-state index is 0.421. The molecule has 0 fully saturated rings. The molecule has 0 saturated carbocycles. The zero-order valence-electron chi connectivity index (χ0n) is 9.90. The standard InChI is InChI=1S/C12H10F3N3O/c1-18-10(12(13,14)15)9(7-16-18)11(19)17-8-5-3-2-4-6-8/h2-7H,1H3,(H,17,19). The van der Waals surface area contributed by atoms with Crippen molar-refractivity contribution < 1.29 is 18.0 Å². The molecular weight excluding hydrogens is 259 g/mol. The van der Waals surface area contributed by atoms with Crippen molar-refractivity contribution in [3.05, 3.63) is 47.8 Å². The molecule has 1 heterocycles. The molecule has 2 aromatic rings. The number of aromatic nitrogens is 2. The Bertz CT molecular complexity index is 590. The second kappa shape index (κ2) is 4.75. The Morgan fingerprint density at radius 1 is 1.26 bits per heavy atom. The van der Waals surface area contributed by atoms with Crippen molar-refractivity contribution >= 4 is 11.6 Å². The summed E-state index contributed by atoms with van der Waals surface area (Å²) in [6.07, 6.45) is -3.73. The summed E-state index contributed by atoms with van der Waals surface area (Å²) >= 11 is 0. The maximum atomic E-state index is 12.8. The lowest BCUT2D eigenvalue weighted by atomic mass is 10.2. The van der Waals surface area contributed by atoms with Crippen LogP contribution in [0.25, 0.3) is 0 Å². The number of hydrogen-bond acceptors (Lipinski definition) is 2. The Morgan fingerprint density at radius 2 is 1.89 bits per heavy atom. The first kappa shape index (κ1) is 13.1. The van der Waals surface area contributed by atoms with E-state index in [9.17, 15) is 18.0 Å². The second-order valence-electron chi connectivity index (χ2n) is 3.85. The third kappa shape index (κ3) is 2.75. The lowest BCUT2D eigenvalue weighted by molar-refractivity contribution is -0.144. The van der Waals surface area contributed by atoms with E-state index in [1.807, 2.05) is 0 Å². The first-order chi connectivity index (χ1) is 8.89. The van der Waals surface area contributed by atoms with E-state index in [-0.39, 0.29) is 0 Å². The molecule has 1 aromatic heterocycles. The van der Waals surface area contributed by atoms with Crippen molar-refractivity contribution in [2.24, 2.45) is 7.05 Å². The molecule has 0 aliphatic rings. The molecule has 100 valence electrons. The van der Waals surface area contributed by atoms with Crippen LogP contribution in [0.2, 0.25) is 0 Å². The number of nitrogens with zero attached hydrogens (tertiary/aromatic N) is 2. The second-order valence-corrected chi connectivity index (χ2v) is 3.85. The van der Waals surface area contributed by atoms with E-state index in [0.717, 1.165) is 13.2 Å². The molecule has 0 aliphatic carbocycles. The van der Waals surface area contributed by atoms with Crippen LogP contribution in [0.4, 0.5) is 18.9 Å². The highest BCUT2D eigenvalue weighted by atomic mass is 19.4. The van der Waals surface area contributed by atoms with Gasteiger partial charge < -0.3 is 5.32 Å². The molecule has 0 unspecified atom stereocenters. The lowest BCUT2D eigenvalue weighted by Gasteiger charge is -2.10. The summed E-state index contributed by atoms with van der Waals surface area (Å²) in [5.74, 6) is -0.841. The van der Waals surface area contributed by atoms with Crippen LogP contribution in [0.15, 0.2) is 36.5 Å². The minimum Gasteiger partial charge on any atom is -0.322 e. The van der Waals surface area contributed by atoms with Crippen LogP contribution >= 0.6 is 0 Å². The summed E-state index contributed by atoms with van der Waals surface area (Å²) in [5.41, 5.74) is -1.15. The Kier molecular flexibility index (Phi) is 3.28. The van der Waals surface area contributed by atoms with Gasteiger partial charge in [0, 0.05) is 12.7 Å². The molecule has 0 radical (unpaired) electrons. The Hall–Kier alpha value is -2.31. The summed E-state index contributed by atoms with van der Waals surface area (Å²) in [4.78, 5) is 11.8. The molecule has 0 spiro atoms. The van der Waals surface area contributed by atoms with E-state index in [1.54, 1.807) is 30.3 Å². The number of carbonyl (C=O) groups is 1. The number of alkyl halides is 3. The summed E-state index contributed by atoms with van der Waals surface area (Å²) in [6, 6.07) is 8.25. The van der Waals surface area contributed by atoms with Crippen LogP contribution in [0.3, 0.4) is 0 Å². The summed E-state index contributed by atoms with van der Waals surface area (Å²) < 4.78 is 39.0. The van der Waals surface area contributed by atoms with Gasteiger partial charge in [-0.3, -0.25) is 9.48 Å². The molecule has 1 N–H and O–H groups in total. The van der Waals surface area contributed by atoms with Crippen LogP contribution in [0, 0.1) is 0 Å². The molecular formula is C12H10F3N3O. The largest absolute Gasteiger partial charge is 0.433 e. The van der Waals surface area contributed by atoms with Gasteiger partial charge in [0.05, 0.1) is 11.8 Å². The van der Waals surface area contributed by atoms with Gasteiger partial charge in [0.15, 0.2) is 5.69 Å². The van der Waals surface area contributed by atoms with Gasteiger partial charge in [-0.25, -0.2) is 0 Å². The third-order valence-corrected chi connectivity index (χ3v) is 2.48. The quantitative estimate of drug-likeness (QED) is 0.911. The van der Waals surface area contributed by atoms with Crippen molar-refractivity contribution in [1.29, 1.82) is 0 Å². The van der Waals surface area contributed by atoms with E-state index in [2.05, 4.69) is 10.4 Å². The van der Waals surface area contributed by atoms with Crippen molar-refractivity contribution in [2.75, 3.05) is 5.32 Å². The molecule has 0 saturated heterocycles. The smallest absolute Gasteiger partial charge is 0.322 e. The van der Waals surface area contributed by atoms with E-state index >= 15 is 0 Å². The molecule has 0 bridgehead atoms. The van der Waals surface area contributed by atoms with Crippen molar-refractivity contribution in [2.45, 2.75) is 6.18 Å². The number of hydrogen-bond donors (Lipinski definition) is 1. The Labute approximate surface area is 106 Å². The molecule has 19 heavy (non-hydrogen) atoms. The number of anilines is 1. The minimum atomic E-state index is -4.63. The third-order valence-electron chi connectivity index (χ3n) is 2.48. The predicted molar refractivity (Wildman–Crippen MR) is 62.6 cm³/mol. The van der Waals surface area contributed by atoms with Gasteiger partial charge in [-0.2, -0.15) is 18.3 Å². The first-order valence-electron chi connectivity index (χ1n) is 5.35. The van der Waals surface area contributed by atoms with Crippen LogP contribution in [-0.2, 0) is 13.2 Å². The molecule has 4 nitrogen and oxygen atoms in total. The zero-order valence-corrected chi connectivity index (χ0v) is 9.90.